The smallest absolute Gasteiger partial charge is 0.0858 e. The normalized spacial score (nSPS) is 12.8. The molecule has 2 aromatic rings. The number of thiophene rings is 1. The van der Waals surface area contributed by atoms with Gasteiger partial charge in [-0.25, -0.2) is 4.68 Å². The molecule has 0 bridgehead atoms. The topological polar surface area (TPSA) is 42.7 Å². The first-order valence-corrected chi connectivity index (χ1v) is 7.79. The van der Waals surface area contributed by atoms with Crippen molar-refractivity contribution in [2.75, 3.05) is 6.54 Å². The summed E-state index contributed by atoms with van der Waals surface area (Å²) in [7, 11) is 0. The summed E-state index contributed by atoms with van der Waals surface area (Å²) >= 11 is 5.25. The van der Waals surface area contributed by atoms with E-state index in [1.165, 1.54) is 4.88 Å². The van der Waals surface area contributed by atoms with Gasteiger partial charge in [-0.15, -0.1) is 16.4 Å². The average Bonchev–Trinajstić information content (AvgIpc) is 2.96. The van der Waals surface area contributed by atoms with Gasteiger partial charge in [0.1, 0.15) is 0 Å². The molecule has 0 aliphatic carbocycles. The van der Waals surface area contributed by atoms with Crippen LogP contribution < -0.4 is 5.32 Å². The summed E-state index contributed by atoms with van der Waals surface area (Å²) in [5, 5.41) is 13.8. The molecular formula is C12H17BrN4S. The first kappa shape index (κ1) is 13.7. The van der Waals surface area contributed by atoms with Crippen LogP contribution in [-0.2, 0) is 6.54 Å². The second-order valence-corrected chi connectivity index (χ2v) is 5.90. The maximum absolute atomic E-state index is 4.16. The van der Waals surface area contributed by atoms with Crippen molar-refractivity contribution < 1.29 is 0 Å². The van der Waals surface area contributed by atoms with Crippen LogP contribution in [0.25, 0.3) is 0 Å². The summed E-state index contributed by atoms with van der Waals surface area (Å²) < 4.78 is 3.11. The van der Waals surface area contributed by atoms with Gasteiger partial charge in [0.05, 0.1) is 17.9 Å². The van der Waals surface area contributed by atoms with E-state index in [1.54, 1.807) is 11.3 Å². The van der Waals surface area contributed by atoms with E-state index in [9.17, 15) is 0 Å². The van der Waals surface area contributed by atoms with Crippen molar-refractivity contribution in [2.45, 2.75) is 32.9 Å². The summed E-state index contributed by atoms with van der Waals surface area (Å²) in [6, 6.07) is 2.33. The summed E-state index contributed by atoms with van der Waals surface area (Å²) in [5.41, 5.74) is 1.13. The van der Waals surface area contributed by atoms with Crippen LogP contribution >= 0.6 is 27.3 Å². The number of aromatic nitrogens is 3. The lowest BCUT2D eigenvalue weighted by Gasteiger charge is -2.17. The molecule has 2 rings (SSSR count). The van der Waals surface area contributed by atoms with Crippen molar-refractivity contribution >= 4 is 27.3 Å². The Kier molecular flexibility index (Phi) is 4.91. The van der Waals surface area contributed by atoms with Crippen LogP contribution in [0.15, 0.2) is 22.1 Å². The molecule has 0 spiro atoms. The van der Waals surface area contributed by atoms with Gasteiger partial charge in [0.15, 0.2) is 0 Å². The molecule has 18 heavy (non-hydrogen) atoms. The van der Waals surface area contributed by atoms with E-state index in [0.29, 0.717) is 0 Å². The minimum atomic E-state index is 0.174. The molecule has 1 N–H and O–H groups in total. The van der Waals surface area contributed by atoms with Crippen LogP contribution in [0.2, 0.25) is 0 Å². The van der Waals surface area contributed by atoms with E-state index < -0.39 is 0 Å². The van der Waals surface area contributed by atoms with Crippen molar-refractivity contribution in [3.05, 3.63) is 32.7 Å². The van der Waals surface area contributed by atoms with E-state index in [-0.39, 0.29) is 6.04 Å². The number of halogens is 1. The Morgan fingerprint density at radius 3 is 2.94 bits per heavy atom. The lowest BCUT2D eigenvalue weighted by atomic mass is 10.1. The van der Waals surface area contributed by atoms with Crippen molar-refractivity contribution in [1.82, 2.24) is 20.3 Å². The van der Waals surface area contributed by atoms with Crippen LogP contribution in [0.1, 0.15) is 36.9 Å². The zero-order valence-electron chi connectivity index (χ0n) is 10.6. The fraction of sp³-hybridized carbons (Fsp3) is 0.500. The zero-order valence-corrected chi connectivity index (χ0v) is 13.0. The summed E-state index contributed by atoms with van der Waals surface area (Å²) in [5.74, 6) is 0. The highest BCUT2D eigenvalue weighted by Crippen LogP contribution is 2.29. The zero-order chi connectivity index (χ0) is 13.0. The lowest BCUT2D eigenvalue weighted by Crippen LogP contribution is -2.24. The first-order chi connectivity index (χ1) is 8.76. The van der Waals surface area contributed by atoms with Gasteiger partial charge in [-0.3, -0.25) is 0 Å². The molecule has 0 saturated heterocycles. The van der Waals surface area contributed by atoms with Gasteiger partial charge in [-0.05, 0) is 35.0 Å². The molecule has 0 aromatic carbocycles. The van der Waals surface area contributed by atoms with Gasteiger partial charge < -0.3 is 5.32 Å². The Morgan fingerprint density at radius 1 is 1.50 bits per heavy atom. The molecule has 1 unspecified atom stereocenters. The van der Waals surface area contributed by atoms with E-state index in [0.717, 1.165) is 29.7 Å². The molecule has 98 valence electrons. The number of nitrogens with zero attached hydrogens (tertiary/aromatic N) is 3. The molecule has 0 aliphatic rings. The second-order valence-electron chi connectivity index (χ2n) is 4.04. The minimum absolute atomic E-state index is 0.174. The van der Waals surface area contributed by atoms with Crippen molar-refractivity contribution in [3.63, 3.8) is 0 Å². The predicted octanol–water partition coefficient (Wildman–Crippen LogP) is 3.21. The molecule has 1 atom stereocenters. The Morgan fingerprint density at radius 2 is 2.33 bits per heavy atom. The predicted molar refractivity (Wildman–Crippen MR) is 77.9 cm³/mol. The highest BCUT2D eigenvalue weighted by atomic mass is 79.9. The molecule has 0 fully saturated rings. The molecule has 0 saturated carbocycles. The van der Waals surface area contributed by atoms with Gasteiger partial charge >= 0.3 is 0 Å². The average molecular weight is 329 g/mol. The van der Waals surface area contributed by atoms with E-state index in [4.69, 9.17) is 0 Å². The van der Waals surface area contributed by atoms with Crippen molar-refractivity contribution in [2.24, 2.45) is 0 Å². The van der Waals surface area contributed by atoms with Gasteiger partial charge in [0.25, 0.3) is 0 Å². The SMILES string of the molecule is CCCn1nncc1C(NCC)c1cc(Br)cs1. The van der Waals surface area contributed by atoms with E-state index in [1.807, 2.05) is 10.9 Å². The minimum Gasteiger partial charge on any atom is -0.305 e. The van der Waals surface area contributed by atoms with Crippen molar-refractivity contribution in [1.29, 1.82) is 0 Å². The third kappa shape index (κ3) is 2.99. The van der Waals surface area contributed by atoms with E-state index in [2.05, 4.69) is 56.9 Å². The van der Waals surface area contributed by atoms with Crippen LogP contribution in [0.4, 0.5) is 0 Å². The van der Waals surface area contributed by atoms with Crippen molar-refractivity contribution in [3.8, 4) is 0 Å². The Bertz CT molecular complexity index is 494. The maximum Gasteiger partial charge on any atom is 0.0858 e. The number of nitrogens with one attached hydrogen (secondary N) is 1. The fourth-order valence-electron chi connectivity index (χ4n) is 1.91. The molecule has 0 aliphatic heterocycles. The molecule has 0 radical (unpaired) electrons. The van der Waals surface area contributed by atoms with Gasteiger partial charge in [-0.2, -0.15) is 0 Å². The first-order valence-electron chi connectivity index (χ1n) is 6.12. The third-order valence-electron chi connectivity index (χ3n) is 2.66. The molecule has 0 amide bonds. The Balaban J connectivity index is 2.31. The Hall–Kier alpha value is -0.720. The molecule has 6 heteroatoms. The molecule has 2 aromatic heterocycles. The summed E-state index contributed by atoms with van der Waals surface area (Å²) in [6.45, 7) is 6.08. The molecular weight excluding hydrogens is 312 g/mol. The number of rotatable bonds is 6. The Labute approximate surface area is 120 Å². The third-order valence-corrected chi connectivity index (χ3v) is 4.42. The van der Waals surface area contributed by atoms with Crippen LogP contribution in [0, 0.1) is 0 Å². The number of aryl methyl sites for hydroxylation is 1. The summed E-state index contributed by atoms with van der Waals surface area (Å²) in [6.07, 6.45) is 2.92. The standard InChI is InChI=1S/C12H17BrN4S/c1-3-5-17-10(7-15-16-17)12(14-4-2)11-6-9(13)8-18-11/h6-8,12,14H,3-5H2,1-2H3. The monoisotopic (exact) mass is 328 g/mol. The lowest BCUT2D eigenvalue weighted by molar-refractivity contribution is 0.514. The van der Waals surface area contributed by atoms with Gasteiger partial charge in [-0.1, -0.05) is 19.1 Å². The van der Waals surface area contributed by atoms with Gasteiger partial charge in [0.2, 0.25) is 0 Å². The van der Waals surface area contributed by atoms with E-state index >= 15 is 0 Å². The molecule has 2 heterocycles. The second kappa shape index (κ2) is 6.45. The number of hydrogen-bond donors (Lipinski definition) is 1. The highest BCUT2D eigenvalue weighted by Gasteiger charge is 2.19. The highest BCUT2D eigenvalue weighted by molar-refractivity contribution is 9.10. The largest absolute Gasteiger partial charge is 0.305 e. The fourth-order valence-corrected chi connectivity index (χ4v) is 3.44. The van der Waals surface area contributed by atoms with Crippen LogP contribution in [0.3, 0.4) is 0 Å². The maximum atomic E-state index is 4.16. The number of hydrogen-bond acceptors (Lipinski definition) is 4. The van der Waals surface area contributed by atoms with Gasteiger partial charge in [0, 0.05) is 21.3 Å². The van der Waals surface area contributed by atoms with Crippen LogP contribution in [-0.4, -0.2) is 21.5 Å². The molecule has 4 nitrogen and oxygen atoms in total. The summed E-state index contributed by atoms with van der Waals surface area (Å²) in [4.78, 5) is 1.28. The quantitative estimate of drug-likeness (QED) is 0.885. The van der Waals surface area contributed by atoms with Crippen LogP contribution in [0.5, 0.6) is 0 Å².